The molecule has 1 unspecified atom stereocenters. The van der Waals surface area contributed by atoms with Gasteiger partial charge in [0.25, 0.3) is 5.91 Å². The van der Waals surface area contributed by atoms with Gasteiger partial charge in [0.2, 0.25) is 11.6 Å². The Hall–Kier alpha value is -3.58. The first-order valence-corrected chi connectivity index (χ1v) is 14.2. The molecule has 0 aromatic carbocycles. The molecule has 0 aromatic rings. The highest BCUT2D eigenvalue weighted by Crippen LogP contribution is 2.29. The first-order valence-electron chi connectivity index (χ1n) is 14.2. The minimum atomic E-state index is -1.25. The maximum atomic E-state index is 13.6. The van der Waals surface area contributed by atoms with Gasteiger partial charge in [0.15, 0.2) is 6.10 Å². The number of methoxy groups -OCH3 is 2. The van der Waals surface area contributed by atoms with E-state index in [0.717, 1.165) is 6.08 Å². The monoisotopic (exact) mass is 603 g/mol. The summed E-state index contributed by atoms with van der Waals surface area (Å²) in [6, 6.07) is 0. The van der Waals surface area contributed by atoms with Crippen LogP contribution in [0.25, 0.3) is 0 Å². The van der Waals surface area contributed by atoms with Crippen LogP contribution < -0.4 is 16.4 Å². The van der Waals surface area contributed by atoms with Gasteiger partial charge in [0.05, 0.1) is 29.7 Å². The molecule has 2 amide bonds. The Balaban J connectivity index is 2.62. The van der Waals surface area contributed by atoms with Gasteiger partial charge in [0, 0.05) is 43.9 Å². The molecule has 0 saturated heterocycles. The van der Waals surface area contributed by atoms with Crippen molar-refractivity contribution in [1.82, 2.24) is 10.6 Å². The van der Waals surface area contributed by atoms with Gasteiger partial charge in [-0.15, -0.1) is 6.58 Å². The quantitative estimate of drug-likeness (QED) is 0.221. The number of primary amides is 1. The predicted octanol–water partition coefficient (Wildman–Crippen LogP) is 1.73. The van der Waals surface area contributed by atoms with Crippen LogP contribution >= 0.6 is 0 Å². The van der Waals surface area contributed by atoms with E-state index in [2.05, 4.69) is 17.2 Å². The normalized spacial score (nSPS) is 32.5. The predicted molar refractivity (Wildman–Crippen MR) is 159 cm³/mol. The van der Waals surface area contributed by atoms with Crippen molar-refractivity contribution in [3.05, 3.63) is 59.0 Å². The molecule has 1 aliphatic carbocycles. The summed E-state index contributed by atoms with van der Waals surface area (Å²) in [6.45, 7) is 10.7. The maximum absolute atomic E-state index is 13.6. The molecule has 0 spiro atoms. The number of ketones is 2. The second kappa shape index (κ2) is 16.3. The van der Waals surface area contributed by atoms with Crippen LogP contribution in [0.2, 0.25) is 0 Å². The first-order chi connectivity index (χ1) is 20.2. The Bertz CT molecular complexity index is 1200. The number of fused-ring (bicyclic) bond motifs is 2. The molecule has 238 valence electrons. The second-order valence-electron chi connectivity index (χ2n) is 11.1. The molecule has 7 atom stereocenters. The third-order valence-corrected chi connectivity index (χ3v) is 7.61. The molecule has 0 saturated carbocycles. The van der Waals surface area contributed by atoms with Crippen molar-refractivity contribution in [2.24, 2.45) is 17.6 Å². The lowest BCUT2D eigenvalue weighted by atomic mass is 9.85. The van der Waals surface area contributed by atoms with E-state index in [-0.39, 0.29) is 47.8 Å². The Morgan fingerprint density at radius 1 is 1.19 bits per heavy atom. The zero-order valence-corrected chi connectivity index (χ0v) is 25.7. The molecule has 1 heterocycles. The third-order valence-electron chi connectivity index (χ3n) is 7.61. The summed E-state index contributed by atoms with van der Waals surface area (Å²) in [7, 11) is 2.80. The van der Waals surface area contributed by atoms with Crippen molar-refractivity contribution in [2.75, 3.05) is 20.8 Å². The topological polar surface area (TPSA) is 187 Å². The number of Topliss-reactive ketones (excluding diaryl/α,β-unsaturated/α-hetero) is 1. The van der Waals surface area contributed by atoms with Crippen LogP contribution in [0.4, 0.5) is 4.79 Å². The number of allylic oxidation sites excluding steroid dienone is 2. The summed E-state index contributed by atoms with van der Waals surface area (Å²) < 4.78 is 16.5. The molecule has 12 nitrogen and oxygen atoms in total. The summed E-state index contributed by atoms with van der Waals surface area (Å²) in [5.41, 5.74) is 6.13. The number of aliphatic hydroxyl groups is 2. The van der Waals surface area contributed by atoms with Gasteiger partial charge in [-0.2, -0.15) is 0 Å². The fourth-order valence-corrected chi connectivity index (χ4v) is 5.27. The maximum Gasteiger partial charge on any atom is 0.405 e. The summed E-state index contributed by atoms with van der Waals surface area (Å²) >= 11 is 0. The summed E-state index contributed by atoms with van der Waals surface area (Å²) in [5.74, 6) is -2.36. The number of rotatable bonds is 6. The fourth-order valence-electron chi connectivity index (χ4n) is 5.27. The first kappa shape index (κ1) is 35.6. The van der Waals surface area contributed by atoms with Crippen LogP contribution in [0.15, 0.2) is 59.0 Å². The van der Waals surface area contributed by atoms with Gasteiger partial charge in [-0.3, -0.25) is 14.4 Å². The number of carbonyl (C=O) groups is 4. The molecular weight excluding hydrogens is 558 g/mol. The Labute approximate surface area is 252 Å². The number of aliphatic hydroxyl groups excluding tert-OH is 2. The van der Waals surface area contributed by atoms with Gasteiger partial charge in [0.1, 0.15) is 6.10 Å². The highest BCUT2D eigenvalue weighted by atomic mass is 16.6. The number of ether oxygens (including phenoxy) is 3. The van der Waals surface area contributed by atoms with E-state index in [1.807, 2.05) is 6.92 Å². The number of nitrogens with one attached hydrogen (secondary N) is 2. The van der Waals surface area contributed by atoms with Crippen LogP contribution in [0.3, 0.4) is 0 Å². The van der Waals surface area contributed by atoms with Gasteiger partial charge in [-0.05, 0) is 44.6 Å². The average Bonchev–Trinajstić information content (AvgIpc) is 2.95. The van der Waals surface area contributed by atoms with Gasteiger partial charge in [-0.25, -0.2) is 4.79 Å². The highest BCUT2D eigenvalue weighted by molar-refractivity contribution is 6.23. The molecule has 0 radical (unpaired) electrons. The number of amides is 2. The Morgan fingerprint density at radius 2 is 1.86 bits per heavy atom. The molecule has 1 aliphatic heterocycles. The summed E-state index contributed by atoms with van der Waals surface area (Å²) in [6.07, 6.45) is -0.0101. The average molecular weight is 604 g/mol. The third kappa shape index (κ3) is 9.45. The molecule has 2 rings (SSSR count). The van der Waals surface area contributed by atoms with Crippen LogP contribution in [0.5, 0.6) is 0 Å². The van der Waals surface area contributed by atoms with E-state index in [0.29, 0.717) is 12.0 Å². The van der Waals surface area contributed by atoms with Gasteiger partial charge >= 0.3 is 6.09 Å². The summed E-state index contributed by atoms with van der Waals surface area (Å²) in [4.78, 5) is 51.4. The van der Waals surface area contributed by atoms with Gasteiger partial charge in [-0.1, -0.05) is 32.1 Å². The molecule has 6 N–H and O–H groups in total. The van der Waals surface area contributed by atoms with Crippen molar-refractivity contribution in [3.8, 4) is 0 Å². The van der Waals surface area contributed by atoms with Crippen LogP contribution in [-0.2, 0) is 28.6 Å². The van der Waals surface area contributed by atoms with Crippen molar-refractivity contribution in [1.29, 1.82) is 0 Å². The number of hydrogen-bond donors (Lipinski definition) is 5. The summed E-state index contributed by atoms with van der Waals surface area (Å²) in [5, 5.41) is 27.7. The fraction of sp³-hybridized carbons (Fsp3) is 0.548. The largest absolute Gasteiger partial charge is 0.439 e. The van der Waals surface area contributed by atoms with Crippen LogP contribution in [-0.4, -0.2) is 85.1 Å². The van der Waals surface area contributed by atoms with E-state index in [1.54, 1.807) is 26.0 Å². The van der Waals surface area contributed by atoms with E-state index in [9.17, 15) is 29.4 Å². The van der Waals surface area contributed by atoms with Crippen molar-refractivity contribution in [2.45, 2.75) is 77.5 Å². The standard InChI is InChI=1S/C31H45N3O9/c1-8-11-33-25-20-12-16(2)13-24(41-6)26(37)18(4)14-19(5)28(43-31(32)40)29(42-7)22(35)10-9-17(3)30(39)34-21(27(20)38)15-23(25)36/h8-9,14-16,18,22,24,26,28-29,33,35,37H,1,10-13H2,2-7H3,(H2,32,40)(H,34,39)/b17-9+,19-14+/t16-,18+,22?,24+,26-,28+,29+/m1/s1. The lowest BCUT2D eigenvalue weighted by Gasteiger charge is -2.31. The van der Waals surface area contributed by atoms with Crippen molar-refractivity contribution >= 4 is 23.6 Å². The highest BCUT2D eigenvalue weighted by Gasteiger charge is 2.35. The zero-order chi connectivity index (χ0) is 32.4. The number of hydrogen-bond acceptors (Lipinski definition) is 10. The van der Waals surface area contributed by atoms with Gasteiger partial charge < -0.3 is 40.8 Å². The molecule has 43 heavy (non-hydrogen) atoms. The molecular formula is C31H45N3O9. The Morgan fingerprint density at radius 3 is 2.44 bits per heavy atom. The number of nitrogens with two attached hydrogens (primary N) is 1. The second-order valence-corrected chi connectivity index (χ2v) is 11.1. The van der Waals surface area contributed by atoms with Crippen LogP contribution in [0, 0.1) is 11.8 Å². The SMILES string of the molecule is C=CCNC1=C2C[C@@H](C)C[C@H](OC)[C@H](O)[C@@H](C)/C=C(\C)[C@H](OC(N)=O)[C@@H](OC)C(O)C/C=C(\C)C(=O)NC(=CC1=O)C2=O. The molecule has 0 aromatic heterocycles. The van der Waals surface area contributed by atoms with E-state index < -0.39 is 60.0 Å². The lowest BCUT2D eigenvalue weighted by Crippen LogP contribution is -2.43. The van der Waals surface area contributed by atoms with Crippen molar-refractivity contribution in [3.63, 3.8) is 0 Å². The minimum absolute atomic E-state index is 0.0855. The number of carbonyl (C=O) groups excluding carboxylic acids is 4. The molecule has 2 bridgehead atoms. The lowest BCUT2D eigenvalue weighted by molar-refractivity contribution is -0.120. The molecule has 12 heteroatoms. The Kier molecular flexibility index (Phi) is 13.5. The van der Waals surface area contributed by atoms with E-state index in [4.69, 9.17) is 19.9 Å². The van der Waals surface area contributed by atoms with Crippen LogP contribution in [0.1, 0.15) is 47.0 Å². The van der Waals surface area contributed by atoms with E-state index in [1.165, 1.54) is 27.2 Å². The zero-order valence-electron chi connectivity index (χ0n) is 25.7. The van der Waals surface area contributed by atoms with Crippen molar-refractivity contribution < 1.29 is 43.6 Å². The molecule has 2 aliphatic rings. The minimum Gasteiger partial charge on any atom is -0.439 e. The molecule has 0 fully saturated rings. The smallest absolute Gasteiger partial charge is 0.405 e. The van der Waals surface area contributed by atoms with E-state index >= 15 is 0 Å².